The highest BCUT2D eigenvalue weighted by Crippen LogP contribution is 2.13. The fourth-order valence-electron chi connectivity index (χ4n) is 1.63. The zero-order valence-electron chi connectivity index (χ0n) is 13.2. The van der Waals surface area contributed by atoms with E-state index in [1.165, 1.54) is 0 Å². The summed E-state index contributed by atoms with van der Waals surface area (Å²) in [6.07, 6.45) is 4.19. The van der Waals surface area contributed by atoms with Crippen LogP contribution in [0, 0.1) is 0 Å². The molecule has 0 saturated heterocycles. The molecule has 0 N–H and O–H groups in total. The van der Waals surface area contributed by atoms with Gasteiger partial charge in [-0.3, -0.25) is 4.79 Å². The molecular formula is C18H23NO3. The van der Waals surface area contributed by atoms with Crippen LogP contribution in [0.2, 0.25) is 0 Å². The number of carbonyl (C=O) groups is 1. The van der Waals surface area contributed by atoms with Crippen molar-refractivity contribution in [1.29, 1.82) is 0 Å². The molecule has 1 rings (SSSR count). The molecule has 0 fully saturated rings. The topological polar surface area (TPSA) is 47.9 Å². The molecule has 22 heavy (non-hydrogen) atoms. The third-order valence-corrected chi connectivity index (χ3v) is 3.00. The van der Waals surface area contributed by atoms with E-state index in [0.717, 1.165) is 11.1 Å². The SMILES string of the molecule is C=N/C(=C\C=C(/C)c1ccccc1)OCCOCC(=O)CC. The minimum absolute atomic E-state index is 0.0824. The van der Waals surface area contributed by atoms with Gasteiger partial charge in [-0.1, -0.05) is 43.3 Å². The van der Waals surface area contributed by atoms with Gasteiger partial charge in [-0.05, 0) is 24.8 Å². The Bertz CT molecular complexity index is 533. The van der Waals surface area contributed by atoms with Crippen molar-refractivity contribution in [2.75, 3.05) is 19.8 Å². The van der Waals surface area contributed by atoms with E-state index in [9.17, 15) is 4.79 Å². The van der Waals surface area contributed by atoms with E-state index in [2.05, 4.69) is 11.7 Å². The molecule has 1 aromatic rings. The maximum absolute atomic E-state index is 11.1. The third-order valence-electron chi connectivity index (χ3n) is 3.00. The first kappa shape index (κ1) is 17.9. The number of aliphatic imine (C=N–C) groups is 1. The number of Topliss-reactive ketones (excluding diaryl/α,β-unsaturated/α-hetero) is 1. The van der Waals surface area contributed by atoms with E-state index >= 15 is 0 Å². The molecule has 0 heterocycles. The predicted molar refractivity (Wildman–Crippen MR) is 89.8 cm³/mol. The minimum atomic E-state index is 0.0824. The lowest BCUT2D eigenvalue weighted by molar-refractivity contribution is -0.123. The lowest BCUT2D eigenvalue weighted by atomic mass is 10.1. The van der Waals surface area contributed by atoms with Crippen LogP contribution >= 0.6 is 0 Å². The molecule has 0 aliphatic heterocycles. The summed E-state index contributed by atoms with van der Waals surface area (Å²) in [7, 11) is 0. The number of hydrogen-bond acceptors (Lipinski definition) is 4. The van der Waals surface area contributed by atoms with Crippen molar-refractivity contribution in [2.45, 2.75) is 20.3 Å². The van der Waals surface area contributed by atoms with Crippen molar-refractivity contribution in [3.8, 4) is 0 Å². The molecule has 4 nitrogen and oxygen atoms in total. The highest BCUT2D eigenvalue weighted by molar-refractivity contribution is 5.79. The Labute approximate surface area is 132 Å². The third kappa shape index (κ3) is 6.99. The maximum Gasteiger partial charge on any atom is 0.212 e. The fraction of sp³-hybridized carbons (Fsp3) is 0.333. The Kier molecular flexibility index (Phi) is 8.53. The number of hydrogen-bond donors (Lipinski definition) is 0. The number of allylic oxidation sites excluding steroid dienone is 3. The molecular weight excluding hydrogens is 278 g/mol. The van der Waals surface area contributed by atoms with Crippen LogP contribution in [0.5, 0.6) is 0 Å². The molecule has 0 amide bonds. The second-order valence-corrected chi connectivity index (χ2v) is 4.67. The molecule has 0 unspecified atom stereocenters. The zero-order chi connectivity index (χ0) is 16.2. The Morgan fingerprint density at radius 2 is 1.95 bits per heavy atom. The maximum atomic E-state index is 11.1. The minimum Gasteiger partial charge on any atom is -0.475 e. The normalized spacial score (nSPS) is 12.1. The Morgan fingerprint density at radius 1 is 1.23 bits per heavy atom. The Balaban J connectivity index is 2.43. The van der Waals surface area contributed by atoms with Crippen molar-refractivity contribution in [3.05, 3.63) is 53.9 Å². The molecule has 4 heteroatoms. The Morgan fingerprint density at radius 3 is 2.59 bits per heavy atom. The number of ether oxygens (including phenoxy) is 2. The van der Waals surface area contributed by atoms with Gasteiger partial charge in [0, 0.05) is 12.5 Å². The molecule has 0 aliphatic rings. The second-order valence-electron chi connectivity index (χ2n) is 4.67. The van der Waals surface area contributed by atoms with Crippen LogP contribution in [-0.2, 0) is 14.3 Å². The molecule has 0 spiro atoms. The number of carbonyl (C=O) groups excluding carboxylic acids is 1. The average molecular weight is 301 g/mol. The molecule has 0 bridgehead atoms. The van der Waals surface area contributed by atoms with E-state index in [1.807, 2.05) is 50.3 Å². The van der Waals surface area contributed by atoms with Crippen molar-refractivity contribution in [2.24, 2.45) is 4.99 Å². The van der Waals surface area contributed by atoms with E-state index in [4.69, 9.17) is 9.47 Å². The first-order valence-corrected chi connectivity index (χ1v) is 7.30. The molecule has 118 valence electrons. The van der Waals surface area contributed by atoms with Gasteiger partial charge in [0.15, 0.2) is 5.78 Å². The fourth-order valence-corrected chi connectivity index (χ4v) is 1.63. The van der Waals surface area contributed by atoms with E-state index in [-0.39, 0.29) is 12.4 Å². The standard InChI is InChI=1S/C18H23NO3/c1-4-17(20)14-21-12-13-22-18(19-3)11-10-15(2)16-8-6-5-7-9-16/h5-11H,3-4,12-14H2,1-2H3/b15-10+,18-11+. The highest BCUT2D eigenvalue weighted by Gasteiger charge is 1.99. The summed E-state index contributed by atoms with van der Waals surface area (Å²) in [5, 5.41) is 0. The summed E-state index contributed by atoms with van der Waals surface area (Å²) in [6, 6.07) is 10.1. The van der Waals surface area contributed by atoms with Crippen molar-refractivity contribution in [1.82, 2.24) is 0 Å². The molecule has 0 radical (unpaired) electrons. The van der Waals surface area contributed by atoms with Crippen LogP contribution in [0.25, 0.3) is 5.57 Å². The molecule has 1 aromatic carbocycles. The first-order chi connectivity index (χ1) is 10.7. The summed E-state index contributed by atoms with van der Waals surface area (Å²) in [5.41, 5.74) is 2.25. The lowest BCUT2D eigenvalue weighted by Crippen LogP contribution is -2.11. The quantitative estimate of drug-likeness (QED) is 0.287. The van der Waals surface area contributed by atoms with Gasteiger partial charge in [0.1, 0.15) is 13.2 Å². The van der Waals surface area contributed by atoms with Gasteiger partial charge in [0.05, 0.1) is 6.61 Å². The van der Waals surface area contributed by atoms with Crippen LogP contribution in [-0.4, -0.2) is 32.3 Å². The van der Waals surface area contributed by atoms with Crippen LogP contribution in [0.4, 0.5) is 0 Å². The molecule has 0 aromatic heterocycles. The first-order valence-electron chi connectivity index (χ1n) is 7.30. The van der Waals surface area contributed by atoms with Gasteiger partial charge in [0.25, 0.3) is 0 Å². The van der Waals surface area contributed by atoms with E-state index in [0.29, 0.717) is 25.5 Å². The van der Waals surface area contributed by atoms with Gasteiger partial charge in [-0.2, -0.15) is 0 Å². The van der Waals surface area contributed by atoms with Crippen LogP contribution in [0.3, 0.4) is 0 Å². The van der Waals surface area contributed by atoms with Crippen molar-refractivity contribution < 1.29 is 14.3 Å². The zero-order valence-corrected chi connectivity index (χ0v) is 13.2. The summed E-state index contributed by atoms with van der Waals surface area (Å²) in [4.78, 5) is 14.9. The smallest absolute Gasteiger partial charge is 0.212 e. The number of ketones is 1. The van der Waals surface area contributed by atoms with Gasteiger partial charge in [-0.15, -0.1) is 0 Å². The summed E-state index contributed by atoms with van der Waals surface area (Å²) >= 11 is 0. The second kappa shape index (κ2) is 10.5. The van der Waals surface area contributed by atoms with Crippen molar-refractivity contribution >= 4 is 18.1 Å². The van der Waals surface area contributed by atoms with Gasteiger partial charge >= 0.3 is 0 Å². The average Bonchev–Trinajstić information content (AvgIpc) is 2.57. The molecule has 0 saturated carbocycles. The Hall–Kier alpha value is -2.20. The number of benzene rings is 1. The summed E-state index contributed by atoms with van der Waals surface area (Å²) in [5.74, 6) is 0.514. The summed E-state index contributed by atoms with van der Waals surface area (Å²) < 4.78 is 10.6. The number of rotatable bonds is 10. The van der Waals surface area contributed by atoms with Crippen molar-refractivity contribution in [3.63, 3.8) is 0 Å². The summed E-state index contributed by atoms with van der Waals surface area (Å²) in [6.45, 7) is 8.13. The van der Waals surface area contributed by atoms with E-state index < -0.39 is 0 Å². The van der Waals surface area contributed by atoms with Gasteiger partial charge in [0.2, 0.25) is 5.88 Å². The highest BCUT2D eigenvalue weighted by atomic mass is 16.5. The lowest BCUT2D eigenvalue weighted by Gasteiger charge is -2.06. The number of nitrogens with zero attached hydrogens (tertiary/aromatic N) is 1. The van der Waals surface area contributed by atoms with Gasteiger partial charge < -0.3 is 9.47 Å². The van der Waals surface area contributed by atoms with E-state index in [1.54, 1.807) is 6.08 Å². The molecule has 0 atom stereocenters. The van der Waals surface area contributed by atoms with Crippen LogP contribution < -0.4 is 0 Å². The van der Waals surface area contributed by atoms with Crippen LogP contribution in [0.1, 0.15) is 25.8 Å². The largest absolute Gasteiger partial charge is 0.475 e. The van der Waals surface area contributed by atoms with Gasteiger partial charge in [-0.25, -0.2) is 4.99 Å². The van der Waals surface area contributed by atoms with Crippen LogP contribution in [0.15, 0.2) is 53.4 Å². The predicted octanol–water partition coefficient (Wildman–Crippen LogP) is 3.64. The molecule has 0 aliphatic carbocycles. The monoisotopic (exact) mass is 301 g/mol.